The minimum absolute atomic E-state index is 0.0664. The third-order valence-corrected chi connectivity index (χ3v) is 6.73. The number of rotatable bonds is 8. The van der Waals surface area contributed by atoms with E-state index in [1.54, 1.807) is 49.5 Å². The molecule has 1 atom stereocenters. The smallest absolute Gasteiger partial charge is 0.232 e. The van der Waals surface area contributed by atoms with Crippen LogP contribution in [0.2, 0.25) is 15.1 Å². The number of nitrogens with one attached hydrogen (secondary N) is 3. The first-order valence-corrected chi connectivity index (χ1v) is 13.6. The van der Waals surface area contributed by atoms with Crippen molar-refractivity contribution in [2.45, 2.75) is 37.7 Å². The van der Waals surface area contributed by atoms with E-state index in [0.717, 1.165) is 31.0 Å². The van der Waals surface area contributed by atoms with E-state index in [-0.39, 0.29) is 24.3 Å². The third kappa shape index (κ3) is 9.84. The van der Waals surface area contributed by atoms with Gasteiger partial charge in [-0.05, 0) is 80.9 Å². The van der Waals surface area contributed by atoms with Gasteiger partial charge in [-0.2, -0.15) is 0 Å². The quantitative estimate of drug-likeness (QED) is 0.278. The standard InChI is InChI=1S/C23H27Cl2N3O3.C6H5Cl/c1-26-22(29)8-6-19(23(30)28-17-4-2-3-15(24)13-17)20-14-16(25)5-7-21(20)31-18-9-11-27-12-10-18;7-6-4-2-1-3-5-6/h2-5,7,13-14,18-19,27H,6,8-12H2,1H3,(H,26,29)(H,28,30);1-5H. The van der Waals surface area contributed by atoms with Crippen molar-refractivity contribution in [3.8, 4) is 5.75 Å². The summed E-state index contributed by atoms with van der Waals surface area (Å²) in [5.74, 6) is -0.377. The van der Waals surface area contributed by atoms with Crippen LogP contribution in [-0.4, -0.2) is 38.1 Å². The van der Waals surface area contributed by atoms with Crippen molar-refractivity contribution in [1.82, 2.24) is 10.6 Å². The van der Waals surface area contributed by atoms with Crippen molar-refractivity contribution in [3.63, 3.8) is 0 Å². The van der Waals surface area contributed by atoms with E-state index in [9.17, 15) is 9.59 Å². The molecule has 2 amide bonds. The van der Waals surface area contributed by atoms with E-state index in [0.29, 0.717) is 33.5 Å². The zero-order valence-corrected chi connectivity index (χ0v) is 23.5. The Morgan fingerprint density at radius 1 is 0.921 bits per heavy atom. The van der Waals surface area contributed by atoms with E-state index >= 15 is 0 Å². The highest BCUT2D eigenvalue weighted by molar-refractivity contribution is 6.31. The molecule has 9 heteroatoms. The highest BCUT2D eigenvalue weighted by Gasteiger charge is 2.27. The zero-order valence-electron chi connectivity index (χ0n) is 21.2. The summed E-state index contributed by atoms with van der Waals surface area (Å²) in [6, 6.07) is 21.7. The van der Waals surface area contributed by atoms with Crippen molar-refractivity contribution < 1.29 is 14.3 Å². The third-order valence-electron chi connectivity index (χ3n) is 6.01. The summed E-state index contributed by atoms with van der Waals surface area (Å²) >= 11 is 17.9. The van der Waals surface area contributed by atoms with Gasteiger partial charge in [0.05, 0.1) is 5.92 Å². The zero-order chi connectivity index (χ0) is 27.3. The molecule has 1 unspecified atom stereocenters. The van der Waals surface area contributed by atoms with Crippen LogP contribution in [0.3, 0.4) is 0 Å². The molecule has 3 aromatic rings. The first-order chi connectivity index (χ1) is 18.4. The molecule has 0 saturated carbocycles. The Kier molecular flexibility index (Phi) is 12.2. The molecule has 0 radical (unpaired) electrons. The number of carbonyl (C=O) groups excluding carboxylic acids is 2. The first kappa shape index (κ1) is 29.8. The Bertz CT molecular complexity index is 1190. The number of halogens is 3. The number of benzene rings is 3. The largest absolute Gasteiger partial charge is 0.490 e. The second-order valence-electron chi connectivity index (χ2n) is 8.81. The summed E-state index contributed by atoms with van der Waals surface area (Å²) in [6.07, 6.45) is 2.36. The minimum atomic E-state index is -0.619. The van der Waals surface area contributed by atoms with Crippen molar-refractivity contribution in [2.75, 3.05) is 25.5 Å². The van der Waals surface area contributed by atoms with E-state index in [2.05, 4.69) is 16.0 Å². The SMILES string of the molecule is CNC(=O)CCC(C(=O)Nc1cccc(Cl)c1)c1cc(Cl)ccc1OC1CCNCC1.Clc1ccccc1. The number of amides is 2. The second kappa shape index (κ2) is 15.6. The number of carbonyl (C=O) groups is 2. The molecular formula is C29H32Cl3N3O3. The Hall–Kier alpha value is -2.77. The van der Waals surface area contributed by atoms with Crippen LogP contribution < -0.4 is 20.7 Å². The van der Waals surface area contributed by atoms with Crippen LogP contribution in [0.25, 0.3) is 0 Å². The predicted octanol–water partition coefficient (Wildman–Crippen LogP) is 6.71. The Morgan fingerprint density at radius 2 is 1.61 bits per heavy atom. The summed E-state index contributed by atoms with van der Waals surface area (Å²) in [6.45, 7) is 1.78. The maximum absolute atomic E-state index is 13.3. The molecule has 1 aliphatic heterocycles. The van der Waals surface area contributed by atoms with E-state index in [1.165, 1.54) is 0 Å². The molecule has 4 rings (SSSR count). The monoisotopic (exact) mass is 575 g/mol. The van der Waals surface area contributed by atoms with Crippen LogP contribution in [0.4, 0.5) is 5.69 Å². The van der Waals surface area contributed by atoms with Crippen LogP contribution in [0.5, 0.6) is 5.75 Å². The van der Waals surface area contributed by atoms with Crippen LogP contribution in [0.1, 0.15) is 37.2 Å². The second-order valence-corrected chi connectivity index (χ2v) is 10.1. The van der Waals surface area contributed by atoms with Crippen LogP contribution in [-0.2, 0) is 9.59 Å². The van der Waals surface area contributed by atoms with Crippen LogP contribution in [0.15, 0.2) is 72.8 Å². The molecule has 0 aromatic heterocycles. The van der Waals surface area contributed by atoms with Gasteiger partial charge >= 0.3 is 0 Å². The molecule has 1 heterocycles. The molecule has 202 valence electrons. The summed E-state index contributed by atoms with van der Waals surface area (Å²) in [7, 11) is 1.58. The van der Waals surface area contributed by atoms with Crippen molar-refractivity contribution >= 4 is 52.3 Å². The van der Waals surface area contributed by atoms with E-state index in [4.69, 9.17) is 39.5 Å². The average Bonchev–Trinajstić information content (AvgIpc) is 2.91. The van der Waals surface area contributed by atoms with Gasteiger partial charge in [-0.25, -0.2) is 0 Å². The lowest BCUT2D eigenvalue weighted by Crippen LogP contribution is -2.34. The molecule has 1 aliphatic rings. The Balaban J connectivity index is 0.000000494. The predicted molar refractivity (Wildman–Crippen MR) is 156 cm³/mol. The first-order valence-electron chi connectivity index (χ1n) is 12.5. The van der Waals surface area contributed by atoms with Gasteiger partial charge in [0.1, 0.15) is 11.9 Å². The fourth-order valence-corrected chi connectivity index (χ4v) is 4.55. The molecule has 0 spiro atoms. The van der Waals surface area contributed by atoms with E-state index < -0.39 is 5.92 Å². The van der Waals surface area contributed by atoms with Crippen LogP contribution >= 0.6 is 34.8 Å². The maximum Gasteiger partial charge on any atom is 0.232 e. The molecule has 1 fully saturated rings. The van der Waals surface area contributed by atoms with Gasteiger partial charge in [-0.15, -0.1) is 0 Å². The fourth-order valence-electron chi connectivity index (χ4n) is 4.03. The highest BCUT2D eigenvalue weighted by atomic mass is 35.5. The molecule has 3 N–H and O–H groups in total. The lowest BCUT2D eigenvalue weighted by atomic mass is 9.92. The fraction of sp³-hybridized carbons (Fsp3) is 0.310. The molecule has 0 aliphatic carbocycles. The van der Waals surface area contributed by atoms with Gasteiger partial charge in [0.15, 0.2) is 0 Å². The lowest BCUT2D eigenvalue weighted by Gasteiger charge is -2.27. The molecule has 38 heavy (non-hydrogen) atoms. The number of hydrogen-bond acceptors (Lipinski definition) is 4. The van der Waals surface area contributed by atoms with Crippen molar-refractivity contribution in [2.24, 2.45) is 0 Å². The summed E-state index contributed by atoms with van der Waals surface area (Å²) < 4.78 is 6.27. The van der Waals surface area contributed by atoms with Gasteiger partial charge in [0.2, 0.25) is 11.8 Å². The van der Waals surface area contributed by atoms with Crippen LogP contribution in [0, 0.1) is 0 Å². The number of ether oxygens (including phenoxy) is 1. The molecule has 6 nitrogen and oxygen atoms in total. The van der Waals surface area contributed by atoms with Gasteiger partial charge < -0.3 is 20.7 Å². The van der Waals surface area contributed by atoms with Gasteiger partial charge in [0, 0.05) is 39.8 Å². The molecular weight excluding hydrogens is 545 g/mol. The highest BCUT2D eigenvalue weighted by Crippen LogP contribution is 2.35. The molecule has 0 bridgehead atoms. The summed E-state index contributed by atoms with van der Waals surface area (Å²) in [5, 5.41) is 10.7. The number of hydrogen-bond donors (Lipinski definition) is 3. The van der Waals surface area contributed by atoms with Crippen molar-refractivity contribution in [1.29, 1.82) is 0 Å². The topological polar surface area (TPSA) is 79.5 Å². The average molecular weight is 577 g/mol. The maximum atomic E-state index is 13.3. The Morgan fingerprint density at radius 3 is 2.24 bits per heavy atom. The van der Waals surface area contributed by atoms with Gasteiger partial charge in [0.25, 0.3) is 0 Å². The molecule has 3 aromatic carbocycles. The number of piperidine rings is 1. The van der Waals surface area contributed by atoms with Crippen molar-refractivity contribution in [3.05, 3.63) is 93.4 Å². The molecule has 1 saturated heterocycles. The normalized spacial score (nSPS) is 14.0. The minimum Gasteiger partial charge on any atom is -0.490 e. The van der Waals surface area contributed by atoms with E-state index in [1.807, 2.05) is 30.3 Å². The van der Waals surface area contributed by atoms with Gasteiger partial charge in [-0.1, -0.05) is 59.1 Å². The Labute approximate surface area is 239 Å². The number of anilines is 1. The summed E-state index contributed by atoms with van der Waals surface area (Å²) in [5.41, 5.74) is 1.26. The lowest BCUT2D eigenvalue weighted by molar-refractivity contribution is -0.121. The summed E-state index contributed by atoms with van der Waals surface area (Å²) in [4.78, 5) is 25.2. The van der Waals surface area contributed by atoms with Gasteiger partial charge in [-0.3, -0.25) is 9.59 Å².